The van der Waals surface area contributed by atoms with Crippen LogP contribution >= 0.6 is 0 Å². The predicted octanol–water partition coefficient (Wildman–Crippen LogP) is 2.79. The van der Waals surface area contributed by atoms with Gasteiger partial charge in [-0.05, 0) is 23.6 Å². The predicted molar refractivity (Wildman–Crippen MR) is 50.5 cm³/mol. The first kappa shape index (κ1) is 8.55. The summed E-state index contributed by atoms with van der Waals surface area (Å²) in [6.45, 7) is 2.12. The van der Waals surface area contributed by atoms with E-state index in [0.29, 0.717) is 0 Å². The second kappa shape index (κ2) is 4.35. The first-order valence-corrected chi connectivity index (χ1v) is 4.02. The lowest BCUT2D eigenvalue weighted by Gasteiger charge is -1.96. The van der Waals surface area contributed by atoms with E-state index in [1.807, 2.05) is 24.3 Å². The van der Waals surface area contributed by atoms with Gasteiger partial charge in [-0.25, -0.2) is 0 Å². The number of nitrogens with zero attached hydrogens (tertiary/aromatic N) is 1. The molecule has 0 aromatic heterocycles. The smallest absolute Gasteiger partial charge is 0.0912 e. The molecule has 0 heterocycles. The van der Waals surface area contributed by atoms with Crippen molar-refractivity contribution in [3.8, 4) is 6.07 Å². The minimum atomic E-state index is 1.04. The van der Waals surface area contributed by atoms with Crippen LogP contribution in [-0.4, -0.2) is 0 Å². The Morgan fingerprint density at radius 3 is 3.00 bits per heavy atom. The minimum Gasteiger partial charge on any atom is -0.193 e. The molecule has 0 aliphatic carbocycles. The summed E-state index contributed by atoms with van der Waals surface area (Å²) in [6, 6.07) is 10.2. The fourth-order valence-corrected chi connectivity index (χ4v) is 1.05. The maximum absolute atomic E-state index is 8.32. The van der Waals surface area contributed by atoms with Gasteiger partial charge in [0.05, 0.1) is 6.07 Å². The van der Waals surface area contributed by atoms with Gasteiger partial charge in [-0.15, -0.1) is 0 Å². The number of nitriles is 1. The lowest BCUT2D eigenvalue weighted by Crippen LogP contribution is -1.79. The molecule has 0 spiro atoms. The third-order valence-corrected chi connectivity index (χ3v) is 1.71. The molecule has 1 aromatic carbocycles. The summed E-state index contributed by atoms with van der Waals surface area (Å²) in [5.74, 6) is 0. The molecule has 0 aliphatic rings. The average Bonchev–Trinajstić information content (AvgIpc) is 2.15. The van der Waals surface area contributed by atoms with E-state index >= 15 is 0 Å². The van der Waals surface area contributed by atoms with Gasteiger partial charge < -0.3 is 0 Å². The fraction of sp³-hybridized carbons (Fsp3) is 0.182. The molecule has 0 N–H and O–H groups in total. The number of allylic oxidation sites excluding steroid dienone is 1. The summed E-state index contributed by atoms with van der Waals surface area (Å²) < 4.78 is 0. The average molecular weight is 157 g/mol. The van der Waals surface area contributed by atoms with Crippen LogP contribution in [0.3, 0.4) is 0 Å². The number of aryl methyl sites for hydroxylation is 1. The van der Waals surface area contributed by atoms with Crippen molar-refractivity contribution in [2.24, 2.45) is 0 Å². The van der Waals surface area contributed by atoms with Crippen LogP contribution in [0.2, 0.25) is 0 Å². The van der Waals surface area contributed by atoms with Crippen LogP contribution < -0.4 is 0 Å². The SMILES string of the molecule is CCc1cccc(C=CC#N)c1. The Hall–Kier alpha value is -1.55. The number of benzene rings is 1. The largest absolute Gasteiger partial charge is 0.193 e. The summed E-state index contributed by atoms with van der Waals surface area (Å²) in [5, 5.41) is 8.32. The van der Waals surface area contributed by atoms with Gasteiger partial charge in [0.25, 0.3) is 0 Å². The second-order valence-corrected chi connectivity index (χ2v) is 2.56. The van der Waals surface area contributed by atoms with Gasteiger partial charge in [0.1, 0.15) is 0 Å². The van der Waals surface area contributed by atoms with Crippen molar-refractivity contribution in [3.05, 3.63) is 41.5 Å². The zero-order valence-electron chi connectivity index (χ0n) is 7.12. The second-order valence-electron chi connectivity index (χ2n) is 2.56. The van der Waals surface area contributed by atoms with E-state index in [4.69, 9.17) is 5.26 Å². The molecular weight excluding hydrogens is 146 g/mol. The van der Waals surface area contributed by atoms with E-state index in [1.165, 1.54) is 11.6 Å². The Kier molecular flexibility index (Phi) is 3.10. The number of rotatable bonds is 2. The number of hydrogen-bond donors (Lipinski definition) is 0. The van der Waals surface area contributed by atoms with Crippen molar-refractivity contribution in [1.82, 2.24) is 0 Å². The summed E-state index contributed by atoms with van der Waals surface area (Å²) in [4.78, 5) is 0. The van der Waals surface area contributed by atoms with Crippen molar-refractivity contribution in [3.63, 3.8) is 0 Å². The normalized spacial score (nSPS) is 10.0. The molecule has 0 fully saturated rings. The maximum atomic E-state index is 8.32. The van der Waals surface area contributed by atoms with Gasteiger partial charge >= 0.3 is 0 Å². The lowest BCUT2D eigenvalue weighted by molar-refractivity contribution is 1.14. The zero-order chi connectivity index (χ0) is 8.81. The van der Waals surface area contributed by atoms with Crippen LogP contribution in [0.15, 0.2) is 30.3 Å². The molecule has 0 bridgehead atoms. The molecule has 0 aliphatic heterocycles. The van der Waals surface area contributed by atoms with Gasteiger partial charge in [0.2, 0.25) is 0 Å². The molecule has 0 amide bonds. The monoisotopic (exact) mass is 157 g/mol. The van der Waals surface area contributed by atoms with E-state index in [0.717, 1.165) is 12.0 Å². The molecular formula is C11H11N. The van der Waals surface area contributed by atoms with Gasteiger partial charge in [0, 0.05) is 6.08 Å². The molecule has 0 saturated carbocycles. The Morgan fingerprint density at radius 1 is 1.50 bits per heavy atom. The summed E-state index contributed by atoms with van der Waals surface area (Å²) in [7, 11) is 0. The first-order chi connectivity index (χ1) is 5.86. The van der Waals surface area contributed by atoms with E-state index in [2.05, 4.69) is 19.1 Å². The highest BCUT2D eigenvalue weighted by Gasteiger charge is 1.88. The van der Waals surface area contributed by atoms with Crippen LogP contribution in [0, 0.1) is 11.3 Å². The van der Waals surface area contributed by atoms with Gasteiger partial charge in [-0.1, -0.05) is 31.2 Å². The van der Waals surface area contributed by atoms with Gasteiger partial charge in [0.15, 0.2) is 0 Å². The van der Waals surface area contributed by atoms with E-state index in [1.54, 1.807) is 0 Å². The van der Waals surface area contributed by atoms with E-state index in [9.17, 15) is 0 Å². The minimum absolute atomic E-state index is 1.04. The quantitative estimate of drug-likeness (QED) is 0.605. The Balaban J connectivity index is 2.88. The Bertz CT molecular complexity index is 318. The maximum Gasteiger partial charge on any atom is 0.0912 e. The molecule has 0 saturated heterocycles. The van der Waals surface area contributed by atoms with E-state index < -0.39 is 0 Å². The van der Waals surface area contributed by atoms with Gasteiger partial charge in [-0.3, -0.25) is 0 Å². The summed E-state index contributed by atoms with van der Waals surface area (Å²) in [6.07, 6.45) is 4.35. The third kappa shape index (κ3) is 2.25. The molecule has 60 valence electrons. The molecule has 12 heavy (non-hydrogen) atoms. The van der Waals surface area contributed by atoms with Crippen LogP contribution in [0.25, 0.3) is 6.08 Å². The van der Waals surface area contributed by atoms with Crippen LogP contribution in [0.5, 0.6) is 0 Å². The molecule has 0 radical (unpaired) electrons. The van der Waals surface area contributed by atoms with Crippen molar-refractivity contribution in [1.29, 1.82) is 5.26 Å². The third-order valence-electron chi connectivity index (χ3n) is 1.71. The highest BCUT2D eigenvalue weighted by atomic mass is 14.2. The molecule has 0 unspecified atom stereocenters. The van der Waals surface area contributed by atoms with Crippen LogP contribution in [0.1, 0.15) is 18.1 Å². The van der Waals surface area contributed by atoms with Crippen LogP contribution in [-0.2, 0) is 6.42 Å². The highest BCUT2D eigenvalue weighted by Crippen LogP contribution is 2.07. The molecule has 1 aromatic rings. The highest BCUT2D eigenvalue weighted by molar-refractivity contribution is 5.52. The molecule has 1 heteroatoms. The summed E-state index contributed by atoms with van der Waals surface area (Å²) >= 11 is 0. The van der Waals surface area contributed by atoms with E-state index in [-0.39, 0.29) is 0 Å². The zero-order valence-corrected chi connectivity index (χ0v) is 7.12. The Labute approximate surface area is 73.0 Å². The summed E-state index contributed by atoms with van der Waals surface area (Å²) in [5.41, 5.74) is 2.39. The van der Waals surface area contributed by atoms with Crippen molar-refractivity contribution in [2.75, 3.05) is 0 Å². The standard InChI is InChI=1S/C11H11N/c1-2-10-5-3-6-11(9-10)7-4-8-12/h3-7,9H,2H2,1H3. The Morgan fingerprint density at radius 2 is 2.33 bits per heavy atom. The first-order valence-electron chi connectivity index (χ1n) is 4.02. The fourth-order valence-electron chi connectivity index (χ4n) is 1.05. The lowest BCUT2D eigenvalue weighted by atomic mass is 10.1. The molecule has 1 nitrogen and oxygen atoms in total. The van der Waals surface area contributed by atoms with Crippen molar-refractivity contribution in [2.45, 2.75) is 13.3 Å². The van der Waals surface area contributed by atoms with Gasteiger partial charge in [-0.2, -0.15) is 5.26 Å². The molecule has 1 rings (SSSR count). The number of hydrogen-bond acceptors (Lipinski definition) is 1. The van der Waals surface area contributed by atoms with Crippen molar-refractivity contribution < 1.29 is 0 Å². The molecule has 0 atom stereocenters. The van der Waals surface area contributed by atoms with Crippen LogP contribution in [0.4, 0.5) is 0 Å². The van der Waals surface area contributed by atoms with Crippen molar-refractivity contribution >= 4 is 6.08 Å². The topological polar surface area (TPSA) is 23.8 Å².